The summed E-state index contributed by atoms with van der Waals surface area (Å²) in [4.78, 5) is 8.44. The molecule has 0 unspecified atom stereocenters. The predicted molar refractivity (Wildman–Crippen MR) is 95.6 cm³/mol. The zero-order valence-electron chi connectivity index (χ0n) is 13.4. The van der Waals surface area contributed by atoms with Crippen LogP contribution in [0.5, 0.6) is 0 Å². The van der Waals surface area contributed by atoms with E-state index in [9.17, 15) is 12.8 Å². The Labute approximate surface area is 149 Å². The summed E-state index contributed by atoms with van der Waals surface area (Å²) in [6.45, 7) is 0. The molecule has 0 spiro atoms. The summed E-state index contributed by atoms with van der Waals surface area (Å²) in [5.74, 6) is -0.0629. The number of benzene rings is 2. The molecule has 6 nitrogen and oxygen atoms in total. The largest absolute Gasteiger partial charge is 0.291 e. The van der Waals surface area contributed by atoms with Gasteiger partial charge in [0.2, 0.25) is 5.78 Å². The van der Waals surface area contributed by atoms with Gasteiger partial charge in [-0.25, -0.2) is 22.8 Å². The Morgan fingerprint density at radius 1 is 1.04 bits per heavy atom. The van der Waals surface area contributed by atoms with E-state index in [4.69, 9.17) is 0 Å². The normalized spacial score (nSPS) is 11.6. The monoisotopic (exact) mass is 368 g/mol. The second kappa shape index (κ2) is 6.23. The lowest BCUT2D eigenvalue weighted by molar-refractivity contribution is 0.595. The van der Waals surface area contributed by atoms with E-state index in [0.29, 0.717) is 17.2 Å². The fraction of sp³-hybridized carbons (Fsp3) is 0. The van der Waals surface area contributed by atoms with Crippen LogP contribution in [0.4, 0.5) is 10.1 Å². The van der Waals surface area contributed by atoms with Gasteiger partial charge in [-0.1, -0.05) is 18.2 Å². The van der Waals surface area contributed by atoms with Crippen LogP contribution in [-0.4, -0.2) is 22.8 Å². The molecule has 1 N–H and O–H groups in total. The van der Waals surface area contributed by atoms with Crippen molar-refractivity contribution in [3.63, 3.8) is 0 Å². The molecule has 0 aliphatic heterocycles. The lowest BCUT2D eigenvalue weighted by Gasteiger charge is -2.09. The maximum Gasteiger partial charge on any atom is 0.261 e. The van der Waals surface area contributed by atoms with Crippen molar-refractivity contribution in [2.75, 3.05) is 4.72 Å². The summed E-state index contributed by atoms with van der Waals surface area (Å²) in [6.07, 6.45) is 5.29. The maximum absolute atomic E-state index is 13.3. The summed E-state index contributed by atoms with van der Waals surface area (Å²) in [5.41, 5.74) is 1.75. The van der Waals surface area contributed by atoms with Gasteiger partial charge in [0.05, 0.1) is 10.6 Å². The highest BCUT2D eigenvalue weighted by molar-refractivity contribution is 7.92. The number of rotatable bonds is 4. The highest BCUT2D eigenvalue weighted by Crippen LogP contribution is 2.24. The SMILES string of the molecule is O=S(=O)(Nc1cccc(-c2cn3cccnc3n2)c1)c1cccc(F)c1. The van der Waals surface area contributed by atoms with Crippen molar-refractivity contribution in [1.82, 2.24) is 14.4 Å². The van der Waals surface area contributed by atoms with Gasteiger partial charge in [-0.15, -0.1) is 0 Å². The van der Waals surface area contributed by atoms with Gasteiger partial charge in [0.1, 0.15) is 5.82 Å². The molecule has 0 bridgehead atoms. The van der Waals surface area contributed by atoms with Crippen molar-refractivity contribution in [1.29, 1.82) is 0 Å². The molecule has 0 amide bonds. The van der Waals surface area contributed by atoms with Crippen molar-refractivity contribution in [3.8, 4) is 11.3 Å². The molecular weight excluding hydrogens is 355 g/mol. The Morgan fingerprint density at radius 3 is 2.69 bits per heavy atom. The third-order valence-electron chi connectivity index (χ3n) is 3.75. The number of hydrogen-bond donors (Lipinski definition) is 1. The van der Waals surface area contributed by atoms with Crippen LogP contribution in [0, 0.1) is 5.82 Å². The van der Waals surface area contributed by atoms with Crippen molar-refractivity contribution >= 4 is 21.5 Å². The minimum atomic E-state index is -3.89. The van der Waals surface area contributed by atoms with Crippen molar-refractivity contribution < 1.29 is 12.8 Å². The van der Waals surface area contributed by atoms with Crippen molar-refractivity contribution in [2.45, 2.75) is 4.90 Å². The minimum Gasteiger partial charge on any atom is -0.291 e. The molecule has 0 saturated carbocycles. The number of hydrogen-bond acceptors (Lipinski definition) is 4. The lowest BCUT2D eigenvalue weighted by atomic mass is 10.1. The van der Waals surface area contributed by atoms with E-state index in [-0.39, 0.29) is 4.90 Å². The van der Waals surface area contributed by atoms with Crippen LogP contribution in [0.1, 0.15) is 0 Å². The Bertz CT molecular complexity index is 1170. The first-order valence-electron chi connectivity index (χ1n) is 7.70. The Balaban J connectivity index is 1.67. The first-order chi connectivity index (χ1) is 12.5. The van der Waals surface area contributed by atoms with Crippen LogP contribution >= 0.6 is 0 Å². The number of nitrogens with zero attached hydrogens (tertiary/aromatic N) is 3. The Morgan fingerprint density at radius 2 is 1.88 bits per heavy atom. The van der Waals surface area contributed by atoms with E-state index < -0.39 is 15.8 Å². The van der Waals surface area contributed by atoms with E-state index in [1.165, 1.54) is 18.2 Å². The standard InChI is InChI=1S/C18H13FN4O2S/c19-14-5-2-7-16(11-14)26(24,25)22-15-6-1-4-13(10-15)17-12-23-9-3-8-20-18(23)21-17/h1-12,22H. The molecular formula is C18H13FN4O2S. The quantitative estimate of drug-likeness (QED) is 0.599. The predicted octanol–water partition coefficient (Wildman–Crippen LogP) is 3.34. The molecule has 4 rings (SSSR count). The molecule has 26 heavy (non-hydrogen) atoms. The van der Waals surface area contributed by atoms with E-state index in [1.54, 1.807) is 34.9 Å². The van der Waals surface area contributed by atoms with E-state index in [0.717, 1.165) is 11.6 Å². The van der Waals surface area contributed by atoms with Gasteiger partial charge >= 0.3 is 0 Å². The van der Waals surface area contributed by atoms with E-state index in [1.807, 2.05) is 18.5 Å². The molecule has 0 aliphatic rings. The highest BCUT2D eigenvalue weighted by Gasteiger charge is 2.15. The first kappa shape index (κ1) is 16.2. The zero-order valence-corrected chi connectivity index (χ0v) is 14.2. The van der Waals surface area contributed by atoms with E-state index in [2.05, 4.69) is 14.7 Å². The average molecular weight is 368 g/mol. The van der Waals surface area contributed by atoms with Crippen LogP contribution in [0.3, 0.4) is 0 Å². The Kier molecular flexibility index (Phi) is 3.89. The van der Waals surface area contributed by atoms with Crippen molar-refractivity contribution in [2.24, 2.45) is 0 Å². The number of halogens is 1. The van der Waals surface area contributed by atoms with E-state index >= 15 is 0 Å². The van der Waals surface area contributed by atoms with Crippen LogP contribution in [0.15, 0.2) is 78.1 Å². The topological polar surface area (TPSA) is 76.4 Å². The van der Waals surface area contributed by atoms with Crippen LogP contribution in [0.2, 0.25) is 0 Å². The summed E-state index contributed by atoms with van der Waals surface area (Å²) in [5, 5.41) is 0. The number of nitrogens with one attached hydrogen (secondary N) is 1. The van der Waals surface area contributed by atoms with Gasteiger partial charge in [0.25, 0.3) is 10.0 Å². The molecule has 4 aromatic rings. The summed E-state index contributed by atoms with van der Waals surface area (Å²) in [7, 11) is -3.89. The second-order valence-electron chi connectivity index (χ2n) is 5.60. The maximum atomic E-state index is 13.3. The molecule has 8 heteroatoms. The first-order valence-corrected chi connectivity index (χ1v) is 9.18. The number of aromatic nitrogens is 3. The van der Waals surface area contributed by atoms with Gasteiger partial charge in [0.15, 0.2) is 0 Å². The molecule has 0 atom stereocenters. The molecule has 2 aromatic heterocycles. The summed E-state index contributed by atoms with van der Waals surface area (Å²) in [6, 6.07) is 13.5. The van der Waals surface area contributed by atoms with Gasteiger partial charge < -0.3 is 0 Å². The summed E-state index contributed by atoms with van der Waals surface area (Å²) >= 11 is 0. The van der Waals surface area contributed by atoms with Gasteiger partial charge in [-0.05, 0) is 36.4 Å². The number of imidazole rings is 1. The molecule has 0 aliphatic carbocycles. The summed E-state index contributed by atoms with van der Waals surface area (Å²) < 4.78 is 42.4. The van der Waals surface area contributed by atoms with Gasteiger partial charge in [-0.2, -0.15) is 0 Å². The highest BCUT2D eigenvalue weighted by atomic mass is 32.2. The van der Waals surface area contributed by atoms with Crippen molar-refractivity contribution in [3.05, 3.63) is 79.0 Å². The van der Waals surface area contributed by atoms with Gasteiger partial charge in [-0.3, -0.25) is 9.12 Å². The molecule has 0 radical (unpaired) electrons. The van der Waals surface area contributed by atoms with Gasteiger partial charge in [0, 0.05) is 29.8 Å². The third kappa shape index (κ3) is 3.14. The fourth-order valence-electron chi connectivity index (χ4n) is 2.56. The van der Waals surface area contributed by atoms with Crippen LogP contribution < -0.4 is 4.72 Å². The third-order valence-corrected chi connectivity index (χ3v) is 5.13. The average Bonchev–Trinajstić information content (AvgIpc) is 3.06. The number of sulfonamides is 1. The van der Waals surface area contributed by atoms with Crippen LogP contribution in [-0.2, 0) is 10.0 Å². The number of anilines is 1. The molecule has 0 saturated heterocycles. The van der Waals surface area contributed by atoms with Crippen LogP contribution in [0.25, 0.3) is 17.0 Å². The fourth-order valence-corrected chi connectivity index (χ4v) is 3.64. The molecule has 2 heterocycles. The molecule has 0 fully saturated rings. The number of fused-ring (bicyclic) bond motifs is 1. The zero-order chi connectivity index (χ0) is 18.1. The smallest absolute Gasteiger partial charge is 0.261 e. The molecule has 130 valence electrons. The second-order valence-corrected chi connectivity index (χ2v) is 7.28. The molecule has 2 aromatic carbocycles. The lowest BCUT2D eigenvalue weighted by Crippen LogP contribution is -2.13. The Hall–Kier alpha value is -3.26. The minimum absolute atomic E-state index is 0.139.